The zero-order valence-corrected chi connectivity index (χ0v) is 43.5. The minimum absolute atomic E-state index is 0.0618. The molecule has 0 saturated heterocycles. The molecule has 1 rings (SSSR count). The molecule has 1 fully saturated rings. The van der Waals surface area contributed by atoms with Crippen molar-refractivity contribution in [1.29, 1.82) is 0 Å². The highest BCUT2D eigenvalue weighted by molar-refractivity contribution is 7.47. The van der Waals surface area contributed by atoms with Crippen molar-refractivity contribution < 1.29 is 81.7 Å². The number of phosphoric ester groups is 2. The van der Waals surface area contributed by atoms with E-state index >= 15 is 0 Å². The summed E-state index contributed by atoms with van der Waals surface area (Å²) < 4.78 is 49.4. The van der Waals surface area contributed by atoms with E-state index in [1.54, 1.807) is 12.2 Å². The lowest BCUT2D eigenvalue weighted by Crippen LogP contribution is -2.64. The van der Waals surface area contributed by atoms with E-state index in [1.165, 1.54) is 38.5 Å². The topological polar surface area (TPSA) is 273 Å². The predicted octanol–water partition coefficient (Wildman–Crippen LogP) is 9.58. The number of esters is 2. The molecule has 0 spiro atoms. The summed E-state index contributed by atoms with van der Waals surface area (Å²) in [5.41, 5.74) is 0. The first kappa shape index (κ1) is 65.1. The number of rotatable bonds is 42. The molecule has 0 aliphatic heterocycles. The molecule has 7 N–H and O–H groups in total. The summed E-state index contributed by atoms with van der Waals surface area (Å²) in [5.74, 6) is -1.19. The van der Waals surface area contributed by atoms with Crippen LogP contribution in [0.5, 0.6) is 0 Å². The lowest BCUT2D eigenvalue weighted by atomic mass is 9.85. The Labute approximate surface area is 417 Å². The van der Waals surface area contributed by atoms with Gasteiger partial charge in [-0.15, -0.1) is 0 Å². The lowest BCUT2D eigenvalue weighted by molar-refractivity contribution is -0.216. The van der Waals surface area contributed by atoms with Crippen molar-refractivity contribution in [2.45, 2.75) is 217 Å². The summed E-state index contributed by atoms with van der Waals surface area (Å²) in [6, 6.07) is 0. The molecule has 1 aliphatic carbocycles. The maximum Gasteiger partial charge on any atom is 0.472 e. The van der Waals surface area contributed by atoms with E-state index in [1.807, 2.05) is 36.5 Å². The van der Waals surface area contributed by atoms with E-state index < -0.39 is 83.5 Å². The van der Waals surface area contributed by atoms with Gasteiger partial charge in [0.2, 0.25) is 0 Å². The molecule has 1 aliphatic rings. The molecular formula is C51H86O17P2. The Kier molecular flexibility index (Phi) is 37.7. The quantitative estimate of drug-likeness (QED) is 0.00748. The average molecular weight is 1030 g/mol. The van der Waals surface area contributed by atoms with Gasteiger partial charge in [-0.25, -0.2) is 9.13 Å². The van der Waals surface area contributed by atoms with E-state index in [2.05, 4.69) is 42.7 Å². The fourth-order valence-electron chi connectivity index (χ4n) is 7.24. The number of allylic oxidation sites excluding steroid dienone is 12. The third-order valence-corrected chi connectivity index (χ3v) is 12.7. The van der Waals surface area contributed by atoms with E-state index in [9.17, 15) is 58.6 Å². The SMILES string of the molecule is CCCCC/C=C\C/C=C\CCCCCCCCCCCC(=O)OC[C@H](COP(=O)(O)O[C@H]1C(O)C(O)C(O)[C@@H](OP(=O)(O)O)C1O)OC(=O)CCC/C=C\C/C=C\C/C=C\C=C\C(=O)CCCCC. The summed E-state index contributed by atoms with van der Waals surface area (Å²) in [4.78, 5) is 66.1. The molecule has 17 nitrogen and oxygen atoms in total. The second-order valence-corrected chi connectivity index (χ2v) is 20.2. The molecule has 402 valence electrons. The molecule has 70 heavy (non-hydrogen) atoms. The fraction of sp³-hybridized carbons (Fsp3) is 0.706. The van der Waals surface area contributed by atoms with Crippen LogP contribution < -0.4 is 0 Å². The first-order valence-corrected chi connectivity index (χ1v) is 28.5. The van der Waals surface area contributed by atoms with Crippen molar-refractivity contribution in [3.63, 3.8) is 0 Å². The molecule has 0 aromatic heterocycles. The van der Waals surface area contributed by atoms with Gasteiger partial charge in [-0.2, -0.15) is 0 Å². The van der Waals surface area contributed by atoms with E-state index in [-0.39, 0.29) is 18.6 Å². The lowest BCUT2D eigenvalue weighted by Gasteiger charge is -2.43. The van der Waals surface area contributed by atoms with Crippen LogP contribution in [0.3, 0.4) is 0 Å². The highest BCUT2D eigenvalue weighted by Gasteiger charge is 2.54. The Hall–Kier alpha value is -2.89. The van der Waals surface area contributed by atoms with Crippen LogP contribution in [0.1, 0.15) is 174 Å². The second-order valence-electron chi connectivity index (χ2n) is 17.6. The maximum atomic E-state index is 13.0. The van der Waals surface area contributed by atoms with Gasteiger partial charge in [0.25, 0.3) is 0 Å². The van der Waals surface area contributed by atoms with Crippen LogP contribution in [-0.4, -0.2) is 109 Å². The van der Waals surface area contributed by atoms with Gasteiger partial charge in [-0.3, -0.25) is 28.0 Å². The number of phosphoric acid groups is 2. The van der Waals surface area contributed by atoms with Gasteiger partial charge in [-0.05, 0) is 76.7 Å². The van der Waals surface area contributed by atoms with E-state index in [0.29, 0.717) is 38.5 Å². The molecule has 0 aromatic carbocycles. The molecule has 0 bridgehead atoms. The largest absolute Gasteiger partial charge is 0.472 e. The van der Waals surface area contributed by atoms with Gasteiger partial charge in [0.15, 0.2) is 11.9 Å². The number of hydrogen-bond acceptors (Lipinski definition) is 14. The van der Waals surface area contributed by atoms with Crippen LogP contribution in [-0.2, 0) is 46.6 Å². The predicted molar refractivity (Wildman–Crippen MR) is 269 cm³/mol. The van der Waals surface area contributed by atoms with Crippen molar-refractivity contribution in [3.8, 4) is 0 Å². The van der Waals surface area contributed by atoms with Crippen LogP contribution in [0, 0.1) is 0 Å². The van der Waals surface area contributed by atoms with E-state index in [4.69, 9.17) is 18.5 Å². The van der Waals surface area contributed by atoms with Crippen LogP contribution in [0.15, 0.2) is 72.9 Å². The van der Waals surface area contributed by atoms with Crippen molar-refractivity contribution in [2.24, 2.45) is 0 Å². The molecule has 8 atom stereocenters. The molecule has 0 amide bonds. The van der Waals surface area contributed by atoms with Crippen LogP contribution in [0.2, 0.25) is 0 Å². The average Bonchev–Trinajstić information content (AvgIpc) is 3.31. The Morgan fingerprint density at radius 2 is 0.971 bits per heavy atom. The Morgan fingerprint density at radius 1 is 0.500 bits per heavy atom. The summed E-state index contributed by atoms with van der Waals surface area (Å²) >= 11 is 0. The molecule has 0 radical (unpaired) electrons. The smallest absolute Gasteiger partial charge is 0.462 e. The third kappa shape index (κ3) is 34.5. The van der Waals surface area contributed by atoms with Gasteiger partial charge in [0.1, 0.15) is 43.2 Å². The Bertz CT molecular complexity index is 1690. The molecular weight excluding hydrogens is 946 g/mol. The number of unbranched alkanes of at least 4 members (excludes halogenated alkanes) is 15. The standard InChI is InChI=1S/C51H86O17P2/c1-3-5-7-8-9-10-11-12-13-14-15-16-17-18-21-24-27-30-34-38-44(53)64-40-43(41-65-70(62,63)68-51-48(57)46(55)47(56)50(49(51)58)67-69(59,60)61)66-45(54)39-35-31-28-25-22-19-20-23-26-29-33-37-42(52)36-32-6-4-2/h9-10,12-13,19-20,25-26,28-29,33,37,43,46-51,55-58H,3-8,11,14-18,21-24,27,30-32,34-36,38-41H2,1-2H3,(H,62,63)(H2,59,60,61)/b10-9-,13-12-,20-19-,28-25-,29-26-,37-33+/t43-,46?,47?,48?,49?,50-,51+/m1/s1. The number of aliphatic hydroxyl groups excluding tert-OH is 4. The number of carbonyl (C=O) groups excluding carboxylic acids is 3. The van der Waals surface area contributed by atoms with Crippen molar-refractivity contribution >= 4 is 33.4 Å². The van der Waals surface area contributed by atoms with Gasteiger partial charge >= 0.3 is 27.6 Å². The van der Waals surface area contributed by atoms with Gasteiger partial charge < -0.3 is 44.6 Å². The molecule has 0 aromatic rings. The number of carbonyl (C=O) groups is 3. The fourth-order valence-corrected chi connectivity index (χ4v) is 8.78. The highest BCUT2D eigenvalue weighted by Crippen LogP contribution is 2.49. The minimum Gasteiger partial charge on any atom is -0.462 e. The van der Waals surface area contributed by atoms with Crippen LogP contribution in [0.4, 0.5) is 0 Å². The van der Waals surface area contributed by atoms with Crippen LogP contribution >= 0.6 is 15.6 Å². The molecule has 5 unspecified atom stereocenters. The number of ether oxygens (including phenoxy) is 2. The summed E-state index contributed by atoms with van der Waals surface area (Å²) in [7, 11) is -10.7. The van der Waals surface area contributed by atoms with Crippen LogP contribution in [0.25, 0.3) is 0 Å². The Balaban J connectivity index is 2.61. The second kappa shape index (κ2) is 40.6. The summed E-state index contributed by atoms with van der Waals surface area (Å²) in [5, 5.41) is 41.3. The zero-order chi connectivity index (χ0) is 51.9. The number of aliphatic hydroxyl groups is 4. The first-order valence-electron chi connectivity index (χ1n) is 25.4. The van der Waals surface area contributed by atoms with Crippen molar-refractivity contribution in [3.05, 3.63) is 72.9 Å². The monoisotopic (exact) mass is 1030 g/mol. The highest BCUT2D eigenvalue weighted by atomic mass is 31.2. The maximum absolute atomic E-state index is 13.0. The summed E-state index contributed by atoms with van der Waals surface area (Å²) in [6.07, 6.45) is 31.2. The minimum atomic E-state index is -5.38. The van der Waals surface area contributed by atoms with E-state index in [0.717, 1.165) is 70.6 Å². The third-order valence-electron chi connectivity index (χ3n) is 11.2. The summed E-state index contributed by atoms with van der Waals surface area (Å²) in [6.45, 7) is 2.88. The molecule has 0 heterocycles. The number of ketones is 1. The van der Waals surface area contributed by atoms with Gasteiger partial charge in [0.05, 0.1) is 6.61 Å². The zero-order valence-electron chi connectivity index (χ0n) is 41.7. The van der Waals surface area contributed by atoms with Gasteiger partial charge in [0, 0.05) is 19.3 Å². The number of hydrogen-bond donors (Lipinski definition) is 7. The molecule has 1 saturated carbocycles. The first-order chi connectivity index (χ1) is 33.5. The normalized spacial score (nSPS) is 21.5. The Morgan fingerprint density at radius 3 is 1.56 bits per heavy atom. The van der Waals surface area contributed by atoms with Gasteiger partial charge in [-0.1, -0.05) is 151 Å². The van der Waals surface area contributed by atoms with Crippen molar-refractivity contribution in [1.82, 2.24) is 0 Å². The molecule has 19 heteroatoms. The van der Waals surface area contributed by atoms with Crippen molar-refractivity contribution in [2.75, 3.05) is 13.2 Å².